The molecule has 0 N–H and O–H groups in total. The molecule has 3 fully saturated rings. The zero-order valence-electron chi connectivity index (χ0n) is 17.1. The molecule has 3 heterocycles. The third-order valence-corrected chi connectivity index (χ3v) is 6.51. The minimum absolute atomic E-state index is 0.139. The Labute approximate surface area is 164 Å². The standard InChI is InChI=1S/C21H37N3O3/c1-2-3-11-23-17-21(9-7-20(23)26)8-5-12-24(18-21)19(25)6-4-10-22-13-15-27-16-14-22/h2-18H2,1H3. The van der Waals surface area contributed by atoms with E-state index in [1.807, 2.05) is 0 Å². The number of likely N-dealkylation sites (tertiary alicyclic amines) is 2. The second-order valence-corrected chi connectivity index (χ2v) is 8.65. The van der Waals surface area contributed by atoms with Crippen LogP contribution in [0.2, 0.25) is 0 Å². The molecule has 1 spiro atoms. The van der Waals surface area contributed by atoms with Crippen LogP contribution in [0.25, 0.3) is 0 Å². The van der Waals surface area contributed by atoms with Crippen molar-refractivity contribution in [3.8, 4) is 0 Å². The van der Waals surface area contributed by atoms with Gasteiger partial charge in [-0.1, -0.05) is 13.3 Å². The van der Waals surface area contributed by atoms with Crippen molar-refractivity contribution in [3.63, 3.8) is 0 Å². The first-order chi connectivity index (χ1) is 13.1. The molecule has 2 amide bonds. The summed E-state index contributed by atoms with van der Waals surface area (Å²) in [6.07, 6.45) is 7.60. The molecule has 3 aliphatic heterocycles. The van der Waals surface area contributed by atoms with E-state index in [0.29, 0.717) is 24.7 Å². The van der Waals surface area contributed by atoms with E-state index in [2.05, 4.69) is 21.6 Å². The largest absolute Gasteiger partial charge is 0.379 e. The molecule has 0 radical (unpaired) electrons. The molecule has 0 aromatic carbocycles. The van der Waals surface area contributed by atoms with E-state index in [4.69, 9.17) is 4.74 Å². The van der Waals surface area contributed by atoms with E-state index in [1.54, 1.807) is 0 Å². The average Bonchev–Trinajstić information content (AvgIpc) is 2.70. The fraction of sp³-hybridized carbons (Fsp3) is 0.905. The van der Waals surface area contributed by atoms with Gasteiger partial charge in [-0.3, -0.25) is 14.5 Å². The molecule has 3 saturated heterocycles. The van der Waals surface area contributed by atoms with Crippen LogP contribution in [0.15, 0.2) is 0 Å². The van der Waals surface area contributed by atoms with E-state index in [9.17, 15) is 9.59 Å². The molecule has 6 heteroatoms. The summed E-state index contributed by atoms with van der Waals surface area (Å²) in [4.78, 5) is 31.6. The van der Waals surface area contributed by atoms with Crippen LogP contribution in [0.5, 0.6) is 0 Å². The number of carbonyl (C=O) groups excluding carboxylic acids is 2. The van der Waals surface area contributed by atoms with E-state index < -0.39 is 0 Å². The van der Waals surface area contributed by atoms with E-state index >= 15 is 0 Å². The maximum Gasteiger partial charge on any atom is 0.222 e. The van der Waals surface area contributed by atoms with Crippen molar-refractivity contribution < 1.29 is 14.3 Å². The summed E-state index contributed by atoms with van der Waals surface area (Å²) in [5.41, 5.74) is 0.139. The van der Waals surface area contributed by atoms with Gasteiger partial charge < -0.3 is 14.5 Å². The monoisotopic (exact) mass is 379 g/mol. The highest BCUT2D eigenvalue weighted by Gasteiger charge is 2.42. The average molecular weight is 380 g/mol. The van der Waals surface area contributed by atoms with Crippen molar-refractivity contribution in [3.05, 3.63) is 0 Å². The minimum atomic E-state index is 0.139. The van der Waals surface area contributed by atoms with Gasteiger partial charge in [0.2, 0.25) is 11.8 Å². The number of amides is 2. The molecule has 0 bridgehead atoms. The van der Waals surface area contributed by atoms with Gasteiger partial charge in [-0.15, -0.1) is 0 Å². The van der Waals surface area contributed by atoms with E-state index in [0.717, 1.165) is 97.6 Å². The molecule has 27 heavy (non-hydrogen) atoms. The van der Waals surface area contributed by atoms with Crippen molar-refractivity contribution in [1.29, 1.82) is 0 Å². The van der Waals surface area contributed by atoms with Crippen LogP contribution in [0.1, 0.15) is 58.3 Å². The van der Waals surface area contributed by atoms with Crippen LogP contribution in [0, 0.1) is 5.41 Å². The fourth-order valence-corrected chi connectivity index (χ4v) is 4.85. The van der Waals surface area contributed by atoms with Crippen LogP contribution in [-0.4, -0.2) is 85.5 Å². The molecule has 1 atom stereocenters. The quantitative estimate of drug-likeness (QED) is 0.680. The van der Waals surface area contributed by atoms with Crippen molar-refractivity contribution in [1.82, 2.24) is 14.7 Å². The number of morpholine rings is 1. The van der Waals surface area contributed by atoms with Crippen LogP contribution in [0.3, 0.4) is 0 Å². The normalized spacial score (nSPS) is 27.4. The number of ether oxygens (including phenoxy) is 1. The molecule has 0 aromatic rings. The summed E-state index contributed by atoms with van der Waals surface area (Å²) in [5.74, 6) is 0.613. The molecule has 3 aliphatic rings. The molecule has 3 rings (SSSR count). The van der Waals surface area contributed by atoms with Crippen molar-refractivity contribution in [2.75, 3.05) is 59.0 Å². The number of nitrogens with zero attached hydrogens (tertiary/aromatic N) is 3. The first-order valence-corrected chi connectivity index (χ1v) is 11.0. The molecule has 1 unspecified atom stereocenters. The van der Waals surface area contributed by atoms with Gasteiger partial charge in [0, 0.05) is 57.5 Å². The molecule has 0 aromatic heterocycles. The van der Waals surface area contributed by atoms with Gasteiger partial charge in [-0.05, 0) is 38.6 Å². The smallest absolute Gasteiger partial charge is 0.222 e. The lowest BCUT2D eigenvalue weighted by Gasteiger charge is -2.48. The number of hydrogen-bond donors (Lipinski definition) is 0. The summed E-state index contributed by atoms with van der Waals surface area (Å²) >= 11 is 0. The van der Waals surface area contributed by atoms with Gasteiger partial charge in [-0.25, -0.2) is 0 Å². The molecule has 0 saturated carbocycles. The summed E-state index contributed by atoms with van der Waals surface area (Å²) < 4.78 is 5.38. The van der Waals surface area contributed by atoms with Crippen LogP contribution in [-0.2, 0) is 14.3 Å². The first kappa shape index (κ1) is 20.6. The summed E-state index contributed by atoms with van der Waals surface area (Å²) in [6.45, 7) is 10.2. The highest BCUT2D eigenvalue weighted by atomic mass is 16.5. The lowest BCUT2D eigenvalue weighted by molar-refractivity contribution is -0.143. The molecule has 154 valence electrons. The minimum Gasteiger partial charge on any atom is -0.379 e. The van der Waals surface area contributed by atoms with Crippen molar-refractivity contribution in [2.24, 2.45) is 5.41 Å². The van der Waals surface area contributed by atoms with Crippen molar-refractivity contribution in [2.45, 2.75) is 58.3 Å². The fourth-order valence-electron chi connectivity index (χ4n) is 4.85. The Morgan fingerprint density at radius 1 is 1.07 bits per heavy atom. The highest BCUT2D eigenvalue weighted by Crippen LogP contribution is 2.39. The Morgan fingerprint density at radius 3 is 2.67 bits per heavy atom. The third-order valence-electron chi connectivity index (χ3n) is 6.51. The predicted octanol–water partition coefficient (Wildman–Crippen LogP) is 2.13. The van der Waals surface area contributed by atoms with Gasteiger partial charge >= 0.3 is 0 Å². The summed E-state index contributed by atoms with van der Waals surface area (Å²) in [7, 11) is 0. The third kappa shape index (κ3) is 5.67. The van der Waals surface area contributed by atoms with Gasteiger partial charge in [0.1, 0.15) is 0 Å². The Hall–Kier alpha value is -1.14. The second-order valence-electron chi connectivity index (χ2n) is 8.65. The number of piperidine rings is 2. The van der Waals surface area contributed by atoms with Crippen LogP contribution >= 0.6 is 0 Å². The van der Waals surface area contributed by atoms with Crippen LogP contribution < -0.4 is 0 Å². The molecule has 6 nitrogen and oxygen atoms in total. The van der Waals surface area contributed by atoms with Gasteiger partial charge in [0.05, 0.1) is 13.2 Å². The Kier molecular flexibility index (Phi) is 7.53. The van der Waals surface area contributed by atoms with Gasteiger partial charge in [0.25, 0.3) is 0 Å². The van der Waals surface area contributed by atoms with Gasteiger partial charge in [-0.2, -0.15) is 0 Å². The summed E-state index contributed by atoms with van der Waals surface area (Å²) in [6, 6.07) is 0. The SMILES string of the molecule is CCCCN1CC2(CCCN(C(=O)CCCN3CCOCC3)C2)CCC1=O. The highest BCUT2D eigenvalue weighted by molar-refractivity contribution is 5.78. The Bertz CT molecular complexity index is 507. The first-order valence-electron chi connectivity index (χ1n) is 11.0. The molecular formula is C21H37N3O3. The second kappa shape index (κ2) is 9.87. The van der Waals surface area contributed by atoms with E-state index in [1.165, 1.54) is 0 Å². The summed E-state index contributed by atoms with van der Waals surface area (Å²) in [5, 5.41) is 0. The zero-order chi connectivity index (χ0) is 19.1. The Morgan fingerprint density at radius 2 is 1.89 bits per heavy atom. The topological polar surface area (TPSA) is 53.1 Å². The zero-order valence-corrected chi connectivity index (χ0v) is 17.1. The maximum atomic E-state index is 12.8. The lowest BCUT2D eigenvalue weighted by Crippen LogP contribution is -2.55. The number of rotatable bonds is 7. The Balaban J connectivity index is 1.47. The number of unbranched alkanes of at least 4 members (excludes halogenated alkanes) is 1. The molecule has 0 aliphatic carbocycles. The predicted molar refractivity (Wildman–Crippen MR) is 105 cm³/mol. The number of hydrogen-bond acceptors (Lipinski definition) is 4. The number of carbonyl (C=O) groups is 2. The van der Waals surface area contributed by atoms with E-state index in [-0.39, 0.29) is 5.41 Å². The van der Waals surface area contributed by atoms with Crippen LogP contribution in [0.4, 0.5) is 0 Å². The lowest BCUT2D eigenvalue weighted by atomic mass is 9.73. The maximum absolute atomic E-state index is 12.8. The van der Waals surface area contributed by atoms with Gasteiger partial charge in [0.15, 0.2) is 0 Å². The molecular weight excluding hydrogens is 342 g/mol. The van der Waals surface area contributed by atoms with Crippen molar-refractivity contribution >= 4 is 11.8 Å².